The molecule has 0 amide bonds. The van der Waals surface area contributed by atoms with E-state index in [1.807, 2.05) is 19.0 Å². The van der Waals surface area contributed by atoms with Crippen molar-refractivity contribution in [3.8, 4) is 0 Å². The van der Waals surface area contributed by atoms with Gasteiger partial charge in [0, 0.05) is 6.54 Å². The normalized spacial score (nSPS) is 25.5. The van der Waals surface area contributed by atoms with Gasteiger partial charge in [0.05, 0.1) is 12.0 Å². The van der Waals surface area contributed by atoms with Crippen LogP contribution in [0.4, 0.5) is 0 Å². The van der Waals surface area contributed by atoms with Crippen molar-refractivity contribution in [2.75, 3.05) is 27.2 Å². The smallest absolute Gasteiger partial charge is 0.234 e. The van der Waals surface area contributed by atoms with E-state index in [2.05, 4.69) is 22.4 Å². The second-order valence-electron chi connectivity index (χ2n) is 4.81. The number of nitrogens with zero attached hydrogens (tertiary/aromatic N) is 3. The first kappa shape index (κ1) is 11.5. The van der Waals surface area contributed by atoms with E-state index < -0.39 is 0 Å². The van der Waals surface area contributed by atoms with Crippen LogP contribution in [-0.4, -0.2) is 42.2 Å². The summed E-state index contributed by atoms with van der Waals surface area (Å²) in [4.78, 5) is 6.56. The molecule has 90 valence electrons. The molecule has 1 unspecified atom stereocenters. The molecule has 0 aromatic carbocycles. The molecule has 0 bridgehead atoms. The predicted molar refractivity (Wildman–Crippen MR) is 61.1 cm³/mol. The Balaban J connectivity index is 2.16. The summed E-state index contributed by atoms with van der Waals surface area (Å²) in [6.07, 6.45) is 2.14. The van der Waals surface area contributed by atoms with Gasteiger partial charge < -0.3 is 14.7 Å². The lowest BCUT2D eigenvalue weighted by atomic mass is 9.84. The van der Waals surface area contributed by atoms with Gasteiger partial charge in [-0.1, -0.05) is 12.1 Å². The zero-order valence-electron chi connectivity index (χ0n) is 10.3. The summed E-state index contributed by atoms with van der Waals surface area (Å²) >= 11 is 0. The summed E-state index contributed by atoms with van der Waals surface area (Å²) in [7, 11) is 4.01. The molecule has 1 fully saturated rings. The van der Waals surface area contributed by atoms with Crippen molar-refractivity contribution in [3.05, 3.63) is 11.7 Å². The minimum absolute atomic E-state index is 0.0670. The Kier molecular flexibility index (Phi) is 3.25. The van der Waals surface area contributed by atoms with Crippen LogP contribution in [0, 0.1) is 0 Å². The molecule has 5 heteroatoms. The molecule has 1 aliphatic rings. The van der Waals surface area contributed by atoms with Crippen molar-refractivity contribution in [2.45, 2.75) is 31.7 Å². The minimum Gasteiger partial charge on any atom is -0.339 e. The van der Waals surface area contributed by atoms with E-state index in [9.17, 15) is 0 Å². The van der Waals surface area contributed by atoms with Crippen molar-refractivity contribution in [2.24, 2.45) is 0 Å². The van der Waals surface area contributed by atoms with Crippen LogP contribution in [0.15, 0.2) is 4.52 Å². The lowest BCUT2D eigenvalue weighted by molar-refractivity contribution is 0.281. The summed E-state index contributed by atoms with van der Waals surface area (Å²) < 4.78 is 5.42. The first-order valence-electron chi connectivity index (χ1n) is 5.85. The summed E-state index contributed by atoms with van der Waals surface area (Å²) in [6.45, 7) is 4.91. The van der Waals surface area contributed by atoms with Crippen LogP contribution in [-0.2, 0) is 12.0 Å². The van der Waals surface area contributed by atoms with Gasteiger partial charge in [-0.3, -0.25) is 0 Å². The van der Waals surface area contributed by atoms with Gasteiger partial charge in [0.15, 0.2) is 5.82 Å². The summed E-state index contributed by atoms with van der Waals surface area (Å²) in [5, 5.41) is 7.41. The maximum atomic E-state index is 5.42. The molecule has 0 radical (unpaired) electrons. The van der Waals surface area contributed by atoms with Crippen molar-refractivity contribution in [1.82, 2.24) is 20.4 Å². The Morgan fingerprint density at radius 1 is 1.50 bits per heavy atom. The van der Waals surface area contributed by atoms with Gasteiger partial charge in [0.2, 0.25) is 5.89 Å². The minimum atomic E-state index is 0.0670. The molecule has 2 rings (SSSR count). The number of rotatable bonds is 4. The summed E-state index contributed by atoms with van der Waals surface area (Å²) in [5.41, 5.74) is 0.0670. The summed E-state index contributed by atoms with van der Waals surface area (Å²) in [5.74, 6) is 1.58. The molecular weight excluding hydrogens is 204 g/mol. The van der Waals surface area contributed by atoms with Crippen LogP contribution in [0.3, 0.4) is 0 Å². The van der Waals surface area contributed by atoms with Crippen LogP contribution >= 0.6 is 0 Å². The Morgan fingerprint density at radius 2 is 2.31 bits per heavy atom. The number of hydrogen-bond acceptors (Lipinski definition) is 5. The first-order chi connectivity index (χ1) is 7.66. The summed E-state index contributed by atoms with van der Waals surface area (Å²) in [6, 6.07) is 0. The van der Waals surface area contributed by atoms with Gasteiger partial charge >= 0.3 is 0 Å². The van der Waals surface area contributed by atoms with Crippen LogP contribution < -0.4 is 5.32 Å². The molecule has 1 atom stereocenters. The molecule has 0 spiro atoms. The maximum Gasteiger partial charge on any atom is 0.234 e. The highest BCUT2D eigenvalue weighted by molar-refractivity contribution is 5.09. The van der Waals surface area contributed by atoms with Crippen molar-refractivity contribution in [3.63, 3.8) is 0 Å². The molecule has 16 heavy (non-hydrogen) atoms. The van der Waals surface area contributed by atoms with Crippen LogP contribution in [0.1, 0.15) is 31.5 Å². The maximum absolute atomic E-state index is 5.42. The average molecular weight is 224 g/mol. The third-order valence-electron chi connectivity index (χ3n) is 3.30. The van der Waals surface area contributed by atoms with E-state index in [0.29, 0.717) is 0 Å². The van der Waals surface area contributed by atoms with Gasteiger partial charge in [-0.05, 0) is 33.5 Å². The molecule has 0 aliphatic carbocycles. The third kappa shape index (κ3) is 2.10. The van der Waals surface area contributed by atoms with E-state index in [4.69, 9.17) is 4.52 Å². The Bertz CT molecular complexity index is 342. The second-order valence-corrected chi connectivity index (χ2v) is 4.81. The topological polar surface area (TPSA) is 54.2 Å². The molecule has 0 saturated carbocycles. The Hall–Kier alpha value is -0.940. The van der Waals surface area contributed by atoms with E-state index >= 15 is 0 Å². The van der Waals surface area contributed by atoms with Gasteiger partial charge in [-0.25, -0.2) is 0 Å². The Morgan fingerprint density at radius 3 is 2.88 bits per heavy atom. The highest BCUT2D eigenvalue weighted by Gasteiger charge is 2.39. The molecule has 5 nitrogen and oxygen atoms in total. The largest absolute Gasteiger partial charge is 0.339 e. The van der Waals surface area contributed by atoms with Crippen LogP contribution in [0.5, 0.6) is 0 Å². The van der Waals surface area contributed by atoms with Crippen LogP contribution in [0.25, 0.3) is 0 Å². The van der Waals surface area contributed by atoms with Crippen molar-refractivity contribution in [1.29, 1.82) is 0 Å². The zero-order valence-corrected chi connectivity index (χ0v) is 10.3. The first-order valence-corrected chi connectivity index (χ1v) is 5.85. The average Bonchev–Trinajstić information content (AvgIpc) is 2.85. The van der Waals surface area contributed by atoms with E-state index in [-0.39, 0.29) is 5.41 Å². The molecule has 1 aromatic rings. The van der Waals surface area contributed by atoms with E-state index in [1.165, 1.54) is 0 Å². The fourth-order valence-corrected chi connectivity index (χ4v) is 2.20. The fourth-order valence-electron chi connectivity index (χ4n) is 2.20. The number of hydrogen-bond donors (Lipinski definition) is 1. The third-order valence-corrected chi connectivity index (χ3v) is 3.30. The standard InChI is InChI=1S/C11H20N4O/c1-4-11(5-6-12-8-11)10-13-9(14-16-10)7-15(2)3/h12H,4-8H2,1-3H3. The van der Waals surface area contributed by atoms with Gasteiger partial charge in [0.25, 0.3) is 0 Å². The second kappa shape index (κ2) is 4.51. The molecule has 1 saturated heterocycles. The number of nitrogens with one attached hydrogen (secondary N) is 1. The molecule has 2 heterocycles. The lowest BCUT2D eigenvalue weighted by Gasteiger charge is -2.20. The zero-order chi connectivity index (χ0) is 11.6. The SMILES string of the molecule is CCC1(c2nc(CN(C)C)no2)CCNC1. The van der Waals surface area contributed by atoms with E-state index in [1.54, 1.807) is 0 Å². The highest BCUT2D eigenvalue weighted by atomic mass is 16.5. The van der Waals surface area contributed by atoms with Crippen molar-refractivity contribution >= 4 is 0 Å². The quantitative estimate of drug-likeness (QED) is 0.818. The van der Waals surface area contributed by atoms with Gasteiger partial charge in [-0.15, -0.1) is 0 Å². The van der Waals surface area contributed by atoms with Crippen molar-refractivity contribution < 1.29 is 4.52 Å². The van der Waals surface area contributed by atoms with Gasteiger partial charge in [-0.2, -0.15) is 4.98 Å². The fraction of sp³-hybridized carbons (Fsp3) is 0.818. The highest BCUT2D eigenvalue weighted by Crippen LogP contribution is 2.32. The lowest BCUT2D eigenvalue weighted by Crippen LogP contribution is -2.28. The predicted octanol–water partition coefficient (Wildman–Crippen LogP) is 0.772. The van der Waals surface area contributed by atoms with E-state index in [0.717, 1.165) is 44.2 Å². The monoisotopic (exact) mass is 224 g/mol. The number of aromatic nitrogens is 2. The molecular formula is C11H20N4O. The van der Waals surface area contributed by atoms with Crippen LogP contribution in [0.2, 0.25) is 0 Å². The molecule has 1 aromatic heterocycles. The molecule has 1 N–H and O–H groups in total. The molecule has 1 aliphatic heterocycles. The Labute approximate surface area is 96.2 Å². The van der Waals surface area contributed by atoms with Gasteiger partial charge in [0.1, 0.15) is 0 Å².